The number of amides is 3. The highest BCUT2D eigenvalue weighted by Crippen LogP contribution is 2.26. The molecule has 0 saturated carbocycles. The predicted octanol–water partition coefficient (Wildman–Crippen LogP) is 5.03. The Morgan fingerprint density at radius 1 is 0.794 bits per heavy atom. The van der Waals surface area contributed by atoms with Crippen molar-refractivity contribution in [2.45, 2.75) is 26.7 Å². The lowest BCUT2D eigenvalue weighted by Crippen LogP contribution is -2.50. The Labute approximate surface area is 204 Å². The normalized spacial score (nSPS) is 13.8. The van der Waals surface area contributed by atoms with Gasteiger partial charge in [0.25, 0.3) is 17.7 Å². The fourth-order valence-electron chi connectivity index (χ4n) is 3.93. The summed E-state index contributed by atoms with van der Waals surface area (Å²) in [6, 6.07) is 16.8. The third kappa shape index (κ3) is 5.20. The standard InChI is InChI=1S/C27H29N3O3S/c1-18(2)20-8-10-21(11-9-20)24(31)28-25-23(12-17-34-25)27(33)30-15-13-29(14-16-30)26(32)22-6-4-19(3)5-7-22/h4-12,17-18H,13-16H2,1-3H3,(H,28,31). The molecule has 34 heavy (non-hydrogen) atoms. The Morgan fingerprint density at radius 2 is 1.35 bits per heavy atom. The van der Waals surface area contributed by atoms with Crippen LogP contribution in [0.5, 0.6) is 0 Å². The maximum Gasteiger partial charge on any atom is 0.256 e. The van der Waals surface area contributed by atoms with E-state index in [1.165, 1.54) is 16.9 Å². The number of anilines is 1. The van der Waals surface area contributed by atoms with Crippen LogP contribution >= 0.6 is 11.3 Å². The monoisotopic (exact) mass is 475 g/mol. The number of thiophene rings is 1. The molecule has 176 valence electrons. The minimum atomic E-state index is -0.236. The lowest BCUT2D eigenvalue weighted by atomic mass is 10.0. The van der Waals surface area contributed by atoms with Gasteiger partial charge in [0.1, 0.15) is 5.00 Å². The molecule has 1 aliphatic rings. The zero-order valence-corrected chi connectivity index (χ0v) is 20.5. The van der Waals surface area contributed by atoms with E-state index in [4.69, 9.17) is 0 Å². The predicted molar refractivity (Wildman–Crippen MR) is 136 cm³/mol. The fourth-order valence-corrected chi connectivity index (χ4v) is 4.70. The van der Waals surface area contributed by atoms with Gasteiger partial charge >= 0.3 is 0 Å². The number of piperazine rings is 1. The Balaban J connectivity index is 1.37. The van der Waals surface area contributed by atoms with E-state index in [1.54, 1.807) is 15.9 Å². The molecule has 1 fully saturated rings. The van der Waals surface area contributed by atoms with Crippen LogP contribution < -0.4 is 5.32 Å². The summed E-state index contributed by atoms with van der Waals surface area (Å²) in [6.45, 7) is 8.07. The van der Waals surface area contributed by atoms with E-state index < -0.39 is 0 Å². The van der Waals surface area contributed by atoms with Gasteiger partial charge in [-0.25, -0.2) is 0 Å². The number of hydrogen-bond donors (Lipinski definition) is 1. The van der Waals surface area contributed by atoms with E-state index in [2.05, 4.69) is 19.2 Å². The smallest absolute Gasteiger partial charge is 0.256 e. The number of aryl methyl sites for hydroxylation is 1. The van der Waals surface area contributed by atoms with E-state index in [0.29, 0.717) is 53.8 Å². The minimum Gasteiger partial charge on any atom is -0.335 e. The van der Waals surface area contributed by atoms with Crippen molar-refractivity contribution in [3.05, 3.63) is 87.8 Å². The average molecular weight is 476 g/mol. The molecule has 0 spiro atoms. The van der Waals surface area contributed by atoms with E-state index in [0.717, 1.165) is 5.56 Å². The van der Waals surface area contributed by atoms with Crippen molar-refractivity contribution >= 4 is 34.1 Å². The molecule has 2 aromatic carbocycles. The molecule has 3 aromatic rings. The number of nitrogens with zero attached hydrogens (tertiary/aromatic N) is 2. The minimum absolute atomic E-state index is 0.0147. The van der Waals surface area contributed by atoms with E-state index >= 15 is 0 Å². The van der Waals surface area contributed by atoms with Gasteiger partial charge in [0.15, 0.2) is 0 Å². The molecule has 1 N–H and O–H groups in total. The third-order valence-electron chi connectivity index (χ3n) is 6.11. The number of hydrogen-bond acceptors (Lipinski definition) is 4. The van der Waals surface area contributed by atoms with Crippen LogP contribution in [-0.4, -0.2) is 53.7 Å². The topological polar surface area (TPSA) is 69.7 Å². The van der Waals surface area contributed by atoms with Gasteiger partial charge in [-0.3, -0.25) is 14.4 Å². The largest absolute Gasteiger partial charge is 0.335 e. The molecule has 6 nitrogen and oxygen atoms in total. The Bertz CT molecular complexity index is 1170. The second-order valence-electron chi connectivity index (χ2n) is 8.84. The second-order valence-corrected chi connectivity index (χ2v) is 9.76. The molecule has 3 amide bonds. The fraction of sp³-hybridized carbons (Fsp3) is 0.296. The van der Waals surface area contributed by atoms with Gasteiger partial charge in [0.05, 0.1) is 5.56 Å². The summed E-state index contributed by atoms with van der Waals surface area (Å²) in [5, 5.41) is 5.25. The van der Waals surface area contributed by atoms with Crippen LogP contribution in [0.25, 0.3) is 0 Å². The van der Waals surface area contributed by atoms with Crippen LogP contribution in [-0.2, 0) is 0 Å². The maximum atomic E-state index is 13.2. The molecule has 1 saturated heterocycles. The first-order chi connectivity index (χ1) is 16.3. The van der Waals surface area contributed by atoms with Crippen molar-refractivity contribution in [2.24, 2.45) is 0 Å². The van der Waals surface area contributed by atoms with Crippen molar-refractivity contribution in [1.29, 1.82) is 0 Å². The van der Waals surface area contributed by atoms with Crippen LogP contribution in [0.15, 0.2) is 60.0 Å². The van der Waals surface area contributed by atoms with Crippen molar-refractivity contribution in [3.8, 4) is 0 Å². The summed E-state index contributed by atoms with van der Waals surface area (Å²) in [5.41, 5.74) is 3.98. The van der Waals surface area contributed by atoms with Gasteiger partial charge < -0.3 is 15.1 Å². The molecule has 1 aliphatic heterocycles. The van der Waals surface area contributed by atoms with Gasteiger partial charge in [-0.15, -0.1) is 11.3 Å². The molecular weight excluding hydrogens is 446 g/mol. The second kappa shape index (κ2) is 10.2. The number of nitrogens with one attached hydrogen (secondary N) is 1. The van der Waals surface area contributed by atoms with Crippen molar-refractivity contribution in [2.75, 3.05) is 31.5 Å². The van der Waals surface area contributed by atoms with Crippen LogP contribution in [0.1, 0.15) is 62.0 Å². The first-order valence-electron chi connectivity index (χ1n) is 11.5. The van der Waals surface area contributed by atoms with Crippen LogP contribution in [0.3, 0.4) is 0 Å². The van der Waals surface area contributed by atoms with Gasteiger partial charge in [0, 0.05) is 37.3 Å². The molecule has 0 unspecified atom stereocenters. The number of carbonyl (C=O) groups excluding carboxylic acids is 3. The van der Waals surface area contributed by atoms with Crippen LogP contribution in [0, 0.1) is 6.92 Å². The summed E-state index contributed by atoms with van der Waals surface area (Å²) in [4.78, 5) is 42.2. The van der Waals surface area contributed by atoms with Crippen molar-refractivity contribution < 1.29 is 14.4 Å². The molecule has 1 aromatic heterocycles. The zero-order valence-electron chi connectivity index (χ0n) is 19.7. The van der Waals surface area contributed by atoms with Gasteiger partial charge in [0.2, 0.25) is 0 Å². The SMILES string of the molecule is Cc1ccc(C(=O)N2CCN(C(=O)c3ccsc3NC(=O)c3ccc(C(C)C)cc3)CC2)cc1. The molecule has 4 rings (SSSR count). The average Bonchev–Trinajstić information content (AvgIpc) is 3.31. The van der Waals surface area contributed by atoms with E-state index in [-0.39, 0.29) is 17.7 Å². The zero-order chi connectivity index (χ0) is 24.2. The Morgan fingerprint density at radius 3 is 1.94 bits per heavy atom. The number of carbonyl (C=O) groups is 3. The highest BCUT2D eigenvalue weighted by molar-refractivity contribution is 7.14. The summed E-state index contributed by atoms with van der Waals surface area (Å²) in [7, 11) is 0. The molecule has 2 heterocycles. The Hall–Kier alpha value is -3.45. The summed E-state index contributed by atoms with van der Waals surface area (Å²) in [5.74, 6) is 0.0137. The molecule has 0 aliphatic carbocycles. The quantitative estimate of drug-likeness (QED) is 0.563. The molecule has 0 radical (unpaired) electrons. The highest BCUT2D eigenvalue weighted by atomic mass is 32.1. The maximum absolute atomic E-state index is 13.2. The van der Waals surface area contributed by atoms with Crippen LogP contribution in [0.4, 0.5) is 5.00 Å². The molecular formula is C27H29N3O3S. The lowest BCUT2D eigenvalue weighted by Gasteiger charge is -2.35. The summed E-state index contributed by atoms with van der Waals surface area (Å²) < 4.78 is 0. The summed E-state index contributed by atoms with van der Waals surface area (Å²) in [6.07, 6.45) is 0. The van der Waals surface area contributed by atoms with Gasteiger partial charge in [-0.1, -0.05) is 43.7 Å². The number of benzene rings is 2. The van der Waals surface area contributed by atoms with E-state index in [9.17, 15) is 14.4 Å². The van der Waals surface area contributed by atoms with Gasteiger partial charge in [-0.05, 0) is 54.1 Å². The summed E-state index contributed by atoms with van der Waals surface area (Å²) >= 11 is 1.33. The Kier molecular flexibility index (Phi) is 7.12. The van der Waals surface area contributed by atoms with Crippen LogP contribution in [0.2, 0.25) is 0 Å². The highest BCUT2D eigenvalue weighted by Gasteiger charge is 2.27. The lowest BCUT2D eigenvalue weighted by molar-refractivity contribution is 0.0536. The first-order valence-corrected chi connectivity index (χ1v) is 12.4. The van der Waals surface area contributed by atoms with Gasteiger partial charge in [-0.2, -0.15) is 0 Å². The van der Waals surface area contributed by atoms with E-state index in [1.807, 2.05) is 60.8 Å². The van der Waals surface area contributed by atoms with Crippen molar-refractivity contribution in [1.82, 2.24) is 9.80 Å². The third-order valence-corrected chi connectivity index (χ3v) is 6.94. The first kappa shape index (κ1) is 23.7. The molecule has 7 heteroatoms. The molecule has 0 atom stereocenters. The van der Waals surface area contributed by atoms with Crippen molar-refractivity contribution in [3.63, 3.8) is 0 Å². The molecule has 0 bridgehead atoms. The number of rotatable bonds is 5.